The van der Waals surface area contributed by atoms with Gasteiger partial charge in [-0.15, -0.1) is 0 Å². The zero-order chi connectivity index (χ0) is 30.1. The van der Waals surface area contributed by atoms with Gasteiger partial charge < -0.3 is 4.90 Å². The molecule has 2 unspecified atom stereocenters. The summed E-state index contributed by atoms with van der Waals surface area (Å²) in [6, 6.07) is 12.0. The van der Waals surface area contributed by atoms with Gasteiger partial charge >= 0.3 is 0 Å². The Labute approximate surface area is 266 Å². The molecular formula is C27H31Br2N2O6S4+. The molecule has 41 heavy (non-hydrogen) atoms. The van der Waals surface area contributed by atoms with Gasteiger partial charge in [-0.05, 0) is 68.7 Å². The van der Waals surface area contributed by atoms with Gasteiger partial charge in [0.15, 0.2) is 6.54 Å². The third kappa shape index (κ3) is 8.02. The number of allylic oxidation sites excluding steroid dienone is 2. The minimum Gasteiger partial charge on any atom is -0.335 e. The summed E-state index contributed by atoms with van der Waals surface area (Å²) in [4.78, 5) is 3.13. The molecule has 0 amide bonds. The van der Waals surface area contributed by atoms with Crippen LogP contribution in [0.3, 0.4) is 0 Å². The number of benzene rings is 2. The van der Waals surface area contributed by atoms with Crippen LogP contribution < -0.4 is 9.47 Å². The first-order valence-corrected chi connectivity index (χ1v) is 19.1. The quantitative estimate of drug-likeness (QED) is 0.155. The Morgan fingerprint density at radius 3 is 2.29 bits per heavy atom. The molecule has 1 aromatic heterocycles. The largest absolute Gasteiger partial charge is 0.335 e. The van der Waals surface area contributed by atoms with Crippen LogP contribution in [0.1, 0.15) is 45.0 Å². The van der Waals surface area contributed by atoms with Gasteiger partial charge in [0, 0.05) is 38.9 Å². The van der Waals surface area contributed by atoms with E-state index in [2.05, 4.69) is 60.4 Å². The van der Waals surface area contributed by atoms with Crippen LogP contribution in [-0.2, 0) is 26.8 Å². The van der Waals surface area contributed by atoms with Crippen LogP contribution in [0, 0.1) is 0 Å². The molecule has 8 nitrogen and oxygen atoms in total. The predicted molar refractivity (Wildman–Crippen MR) is 175 cm³/mol. The van der Waals surface area contributed by atoms with Crippen molar-refractivity contribution in [3.63, 3.8) is 0 Å². The number of anilines is 1. The number of aryl methyl sites for hydroxylation is 1. The molecule has 4 rings (SSSR count). The van der Waals surface area contributed by atoms with Gasteiger partial charge in [-0.1, -0.05) is 61.9 Å². The summed E-state index contributed by atoms with van der Waals surface area (Å²) in [6.07, 6.45) is 5.43. The Bertz CT molecular complexity index is 1740. The number of halogens is 2. The first-order chi connectivity index (χ1) is 19.2. The van der Waals surface area contributed by atoms with Crippen LogP contribution in [0.15, 0.2) is 66.9 Å². The van der Waals surface area contributed by atoms with Crippen LogP contribution in [0.5, 0.6) is 0 Å². The molecular weight excluding hydrogens is 736 g/mol. The van der Waals surface area contributed by atoms with E-state index in [4.69, 9.17) is 0 Å². The Morgan fingerprint density at radius 2 is 1.63 bits per heavy atom. The van der Waals surface area contributed by atoms with Crippen LogP contribution in [0.25, 0.3) is 16.3 Å². The average Bonchev–Trinajstić information content (AvgIpc) is 3.40. The predicted octanol–water partition coefficient (Wildman–Crippen LogP) is 7.29. The lowest BCUT2D eigenvalue weighted by Crippen LogP contribution is -2.37. The summed E-state index contributed by atoms with van der Waals surface area (Å²) in [7, 11) is -8.28. The molecule has 2 atom stereocenters. The fraction of sp³-hybridized carbons (Fsp3) is 0.370. The molecule has 2 N–H and O–H groups in total. The summed E-state index contributed by atoms with van der Waals surface area (Å²) < 4.78 is 70.6. The molecule has 2 aromatic carbocycles. The maximum absolute atomic E-state index is 11.7. The highest BCUT2D eigenvalue weighted by Crippen LogP contribution is 2.47. The highest BCUT2D eigenvalue weighted by molar-refractivity contribution is 9.10. The van der Waals surface area contributed by atoms with Crippen LogP contribution in [0.4, 0.5) is 5.69 Å². The molecule has 222 valence electrons. The molecule has 0 aliphatic carbocycles. The van der Waals surface area contributed by atoms with Gasteiger partial charge in [-0.25, -0.2) is 0 Å². The highest BCUT2D eigenvalue weighted by Gasteiger charge is 2.28. The molecule has 1 aliphatic heterocycles. The maximum atomic E-state index is 11.7. The van der Waals surface area contributed by atoms with E-state index >= 15 is 0 Å². The number of hydrogen-bond acceptors (Lipinski definition) is 7. The van der Waals surface area contributed by atoms with E-state index in [0.29, 0.717) is 13.1 Å². The molecule has 0 saturated carbocycles. The Morgan fingerprint density at radius 1 is 1.00 bits per heavy atom. The Kier molecular flexibility index (Phi) is 10.5. The number of hydrogen-bond donors (Lipinski definition) is 2. The fourth-order valence-corrected chi connectivity index (χ4v) is 8.10. The normalized spacial score (nSPS) is 16.9. The van der Waals surface area contributed by atoms with Crippen LogP contribution in [0.2, 0.25) is 0 Å². The molecule has 0 spiro atoms. The second kappa shape index (κ2) is 13.2. The number of rotatable bonds is 11. The number of thioether (sulfide) groups is 1. The third-order valence-corrected chi connectivity index (χ3v) is 12.7. The number of fused-ring (bicyclic) bond motifs is 2. The SMILES string of the molecule is CCC(/C=C1\Sc2ccc(Br)cc2N1CCC(C)S(=O)(=O)O)=C\c1sc2ccc(Br)cc2[n+]1CCC(C)S(=O)(=O)O. The minimum atomic E-state index is -4.14. The Hall–Kier alpha value is -1.26. The highest BCUT2D eigenvalue weighted by atomic mass is 79.9. The van der Waals surface area contributed by atoms with E-state index in [1.54, 1.807) is 23.1 Å². The summed E-state index contributed by atoms with van der Waals surface area (Å²) in [5, 5.41) is 0.106. The van der Waals surface area contributed by atoms with Crippen molar-refractivity contribution in [1.29, 1.82) is 0 Å². The van der Waals surface area contributed by atoms with Crippen molar-refractivity contribution in [2.75, 3.05) is 11.4 Å². The lowest BCUT2D eigenvalue weighted by atomic mass is 10.2. The van der Waals surface area contributed by atoms with Crippen LogP contribution in [-0.4, -0.2) is 43.0 Å². The van der Waals surface area contributed by atoms with Crippen molar-refractivity contribution >= 4 is 97.2 Å². The summed E-state index contributed by atoms with van der Waals surface area (Å²) in [5.41, 5.74) is 2.97. The lowest BCUT2D eigenvalue weighted by Gasteiger charge is -2.22. The standard InChI is InChI=1S/C27H30Br2N2O6S4/c1-4-19(13-26-30(11-9-17(2)40(32,33)34)22-15-20(28)5-7-24(22)38-26)14-27-31(12-10-18(3)41(35,36)37)23-16-21(29)6-8-25(23)39-27/h5-8,13-18H,4,9-12H2,1-3H3,(H-,32,33,34,35,36,37)/p+1. The maximum Gasteiger partial charge on any atom is 0.267 e. The second-order valence-corrected chi connectivity index (χ2v) is 17.5. The Balaban J connectivity index is 1.73. The first kappa shape index (κ1) is 32.6. The average molecular weight is 768 g/mol. The fourth-order valence-electron chi connectivity index (χ4n) is 4.31. The van der Waals surface area contributed by atoms with E-state index in [0.717, 1.165) is 51.8 Å². The van der Waals surface area contributed by atoms with Crippen molar-refractivity contribution in [1.82, 2.24) is 0 Å². The van der Waals surface area contributed by atoms with E-state index in [-0.39, 0.29) is 12.8 Å². The molecule has 14 heteroatoms. The van der Waals surface area contributed by atoms with E-state index in [1.807, 2.05) is 36.4 Å². The molecule has 0 fully saturated rings. The first-order valence-electron chi connectivity index (χ1n) is 12.9. The van der Waals surface area contributed by atoms with E-state index in [9.17, 15) is 25.9 Å². The van der Waals surface area contributed by atoms with E-state index in [1.165, 1.54) is 13.8 Å². The van der Waals surface area contributed by atoms with E-state index < -0.39 is 30.7 Å². The number of aromatic nitrogens is 1. The smallest absolute Gasteiger partial charge is 0.267 e. The number of nitrogens with zero attached hydrogens (tertiary/aromatic N) is 2. The van der Waals surface area contributed by atoms with Crippen LogP contribution >= 0.6 is 55.0 Å². The topological polar surface area (TPSA) is 116 Å². The van der Waals surface area contributed by atoms with Crippen molar-refractivity contribution < 1.29 is 30.5 Å². The molecule has 1 aliphatic rings. The van der Waals surface area contributed by atoms with Crippen molar-refractivity contribution in [2.24, 2.45) is 0 Å². The van der Waals surface area contributed by atoms with Crippen molar-refractivity contribution in [2.45, 2.75) is 62.0 Å². The zero-order valence-corrected chi connectivity index (χ0v) is 29.1. The molecule has 3 aromatic rings. The minimum absolute atomic E-state index is 0.255. The molecule has 0 saturated heterocycles. The van der Waals surface area contributed by atoms with Gasteiger partial charge in [-0.2, -0.15) is 21.4 Å². The molecule has 2 heterocycles. The summed E-state index contributed by atoms with van der Waals surface area (Å²) in [5.74, 6) is 0. The second-order valence-electron chi connectivity index (χ2n) is 9.85. The van der Waals surface area contributed by atoms with Crippen molar-refractivity contribution in [3.05, 3.63) is 67.0 Å². The number of thiazole rings is 1. The van der Waals surface area contributed by atoms with Crippen molar-refractivity contribution in [3.8, 4) is 0 Å². The molecule has 0 bridgehead atoms. The van der Waals surface area contributed by atoms with Gasteiger partial charge in [0.1, 0.15) is 4.70 Å². The summed E-state index contributed by atoms with van der Waals surface area (Å²) in [6.45, 7) is 5.88. The van der Waals surface area contributed by atoms with Gasteiger partial charge in [0.05, 0.1) is 21.2 Å². The summed E-state index contributed by atoms with van der Waals surface area (Å²) >= 11 is 10.3. The lowest BCUT2D eigenvalue weighted by molar-refractivity contribution is -0.669. The van der Waals surface area contributed by atoms with Gasteiger partial charge in [-0.3, -0.25) is 9.11 Å². The monoisotopic (exact) mass is 765 g/mol. The zero-order valence-electron chi connectivity index (χ0n) is 22.6. The third-order valence-electron chi connectivity index (χ3n) is 6.95. The van der Waals surface area contributed by atoms with Gasteiger partial charge in [0.25, 0.3) is 25.2 Å². The molecule has 0 radical (unpaired) electrons. The van der Waals surface area contributed by atoms with Gasteiger partial charge in [0.2, 0.25) is 5.52 Å².